The molecule has 3 rings (SSSR count). The molecule has 0 aliphatic carbocycles. The van der Waals surface area contributed by atoms with Gasteiger partial charge in [-0.15, -0.1) is 0 Å². The van der Waals surface area contributed by atoms with Crippen molar-refractivity contribution in [2.75, 3.05) is 24.6 Å². The Morgan fingerprint density at radius 2 is 2.20 bits per heavy atom. The van der Waals surface area contributed by atoms with Crippen LogP contribution in [0, 0.1) is 12.8 Å². The molecule has 25 heavy (non-hydrogen) atoms. The number of anilines is 1. The fraction of sp³-hybridized carbons (Fsp3) is 0.421. The van der Waals surface area contributed by atoms with Crippen molar-refractivity contribution >= 4 is 28.5 Å². The summed E-state index contributed by atoms with van der Waals surface area (Å²) in [4.78, 5) is 30.6. The highest BCUT2D eigenvalue weighted by molar-refractivity contribution is 6.05. The molecular weight excluding hydrogens is 318 g/mol. The van der Waals surface area contributed by atoms with Crippen LogP contribution in [0.2, 0.25) is 0 Å². The number of nitrogens with zero attached hydrogens (tertiary/aromatic N) is 2. The molecule has 2 heterocycles. The summed E-state index contributed by atoms with van der Waals surface area (Å²) in [7, 11) is 0. The molecule has 0 unspecified atom stereocenters. The van der Waals surface area contributed by atoms with E-state index in [0.717, 1.165) is 41.5 Å². The molecule has 1 aromatic heterocycles. The lowest BCUT2D eigenvalue weighted by Gasteiger charge is -2.34. The quantitative estimate of drug-likeness (QED) is 0.863. The minimum atomic E-state index is -0.394. The van der Waals surface area contributed by atoms with Crippen LogP contribution in [0.4, 0.5) is 5.69 Å². The van der Waals surface area contributed by atoms with Crippen LogP contribution in [0.25, 0.3) is 10.9 Å². The largest absolute Gasteiger partial charge is 0.462 e. The molecule has 132 valence electrons. The summed E-state index contributed by atoms with van der Waals surface area (Å²) < 4.78 is 5.22. The van der Waals surface area contributed by atoms with Crippen LogP contribution in [0.5, 0.6) is 0 Å². The van der Waals surface area contributed by atoms with Gasteiger partial charge in [-0.2, -0.15) is 0 Å². The first-order valence-corrected chi connectivity index (χ1v) is 8.62. The number of aromatic nitrogens is 1. The van der Waals surface area contributed by atoms with Crippen LogP contribution in [0.15, 0.2) is 24.4 Å². The van der Waals surface area contributed by atoms with Crippen LogP contribution in [-0.2, 0) is 9.53 Å². The summed E-state index contributed by atoms with van der Waals surface area (Å²) in [6.07, 6.45) is 3.20. The topological polar surface area (TPSA) is 85.5 Å². The third-order valence-electron chi connectivity index (χ3n) is 4.63. The molecule has 1 fully saturated rings. The zero-order valence-corrected chi connectivity index (χ0v) is 14.6. The summed E-state index contributed by atoms with van der Waals surface area (Å²) in [5, 5.41) is 0.899. The Labute approximate surface area is 147 Å². The number of benzene rings is 1. The van der Waals surface area contributed by atoms with Gasteiger partial charge >= 0.3 is 5.97 Å². The Balaban J connectivity index is 2.14. The summed E-state index contributed by atoms with van der Waals surface area (Å²) in [6.45, 7) is 5.36. The average Bonchev–Trinajstić information content (AvgIpc) is 2.60. The maximum Gasteiger partial charge on any atom is 0.341 e. The molecule has 0 saturated carbocycles. The number of amides is 1. The van der Waals surface area contributed by atoms with E-state index in [4.69, 9.17) is 10.5 Å². The molecule has 1 aliphatic heterocycles. The number of primary amides is 1. The van der Waals surface area contributed by atoms with E-state index in [-0.39, 0.29) is 11.8 Å². The molecule has 6 nitrogen and oxygen atoms in total. The molecule has 1 saturated heterocycles. The van der Waals surface area contributed by atoms with Crippen LogP contribution >= 0.6 is 0 Å². The van der Waals surface area contributed by atoms with Gasteiger partial charge in [-0.1, -0.05) is 11.6 Å². The number of fused-ring (bicyclic) bond motifs is 1. The molecule has 0 spiro atoms. The third-order valence-corrected chi connectivity index (χ3v) is 4.63. The molecule has 2 aromatic rings. The van der Waals surface area contributed by atoms with Gasteiger partial charge in [-0.05, 0) is 38.8 Å². The van der Waals surface area contributed by atoms with Crippen molar-refractivity contribution in [2.24, 2.45) is 11.7 Å². The summed E-state index contributed by atoms with van der Waals surface area (Å²) in [6, 6.07) is 5.96. The molecule has 0 bridgehead atoms. The van der Waals surface area contributed by atoms with Gasteiger partial charge < -0.3 is 15.4 Å². The van der Waals surface area contributed by atoms with Crippen molar-refractivity contribution in [3.8, 4) is 0 Å². The van der Waals surface area contributed by atoms with Crippen LogP contribution in [0.3, 0.4) is 0 Å². The van der Waals surface area contributed by atoms with E-state index < -0.39 is 5.97 Å². The molecule has 6 heteroatoms. The summed E-state index contributed by atoms with van der Waals surface area (Å²) in [5.74, 6) is -0.900. The van der Waals surface area contributed by atoms with Crippen molar-refractivity contribution in [1.29, 1.82) is 0 Å². The fourth-order valence-electron chi connectivity index (χ4n) is 3.40. The number of esters is 1. The standard InChI is InChI=1S/C19H23N3O3/c1-3-25-19(24)15-10-21-16-7-6-12(2)9-14(16)17(15)22-8-4-5-13(11-22)18(20)23/h6-7,9-10,13H,3-5,8,11H2,1-2H3,(H2,20,23)/t13-/m1/s1. The number of piperidine rings is 1. The van der Waals surface area contributed by atoms with E-state index >= 15 is 0 Å². The third kappa shape index (κ3) is 3.43. The van der Waals surface area contributed by atoms with E-state index in [2.05, 4.69) is 9.88 Å². The van der Waals surface area contributed by atoms with Crippen LogP contribution in [0.1, 0.15) is 35.7 Å². The van der Waals surface area contributed by atoms with Crippen LogP contribution < -0.4 is 10.6 Å². The van der Waals surface area contributed by atoms with Gasteiger partial charge in [0.1, 0.15) is 5.56 Å². The molecule has 0 radical (unpaired) electrons. The molecular formula is C19H23N3O3. The molecule has 2 N–H and O–H groups in total. The summed E-state index contributed by atoms with van der Waals surface area (Å²) >= 11 is 0. The Morgan fingerprint density at radius 1 is 1.40 bits per heavy atom. The van der Waals surface area contributed by atoms with E-state index in [1.165, 1.54) is 0 Å². The Morgan fingerprint density at radius 3 is 2.92 bits per heavy atom. The van der Waals surface area contributed by atoms with Gasteiger partial charge in [0.25, 0.3) is 0 Å². The second-order valence-corrected chi connectivity index (χ2v) is 6.45. The number of aryl methyl sites for hydroxylation is 1. The monoisotopic (exact) mass is 341 g/mol. The zero-order chi connectivity index (χ0) is 18.0. The number of hydrogen-bond donors (Lipinski definition) is 1. The van der Waals surface area contributed by atoms with Gasteiger partial charge in [0.2, 0.25) is 5.91 Å². The van der Waals surface area contributed by atoms with Gasteiger partial charge in [0.15, 0.2) is 0 Å². The smallest absolute Gasteiger partial charge is 0.341 e. The lowest BCUT2D eigenvalue weighted by atomic mass is 9.95. The number of pyridine rings is 1. The van der Waals surface area contributed by atoms with Gasteiger partial charge in [0, 0.05) is 24.7 Å². The number of ether oxygens (including phenoxy) is 1. The molecule has 1 atom stereocenters. The number of rotatable bonds is 4. The van der Waals surface area contributed by atoms with Crippen molar-refractivity contribution in [1.82, 2.24) is 4.98 Å². The van der Waals surface area contributed by atoms with Crippen molar-refractivity contribution in [3.63, 3.8) is 0 Å². The van der Waals surface area contributed by atoms with E-state index in [9.17, 15) is 9.59 Å². The number of carbonyl (C=O) groups excluding carboxylic acids is 2. The highest BCUT2D eigenvalue weighted by atomic mass is 16.5. The number of carbonyl (C=O) groups is 2. The normalized spacial score (nSPS) is 17.5. The Hall–Kier alpha value is -2.63. The van der Waals surface area contributed by atoms with E-state index in [1.54, 1.807) is 13.1 Å². The maximum absolute atomic E-state index is 12.5. The maximum atomic E-state index is 12.5. The van der Waals surface area contributed by atoms with Crippen LogP contribution in [-0.4, -0.2) is 36.6 Å². The van der Waals surface area contributed by atoms with Gasteiger partial charge in [-0.3, -0.25) is 9.78 Å². The van der Waals surface area contributed by atoms with Crippen molar-refractivity contribution in [2.45, 2.75) is 26.7 Å². The number of nitrogens with two attached hydrogens (primary N) is 1. The SMILES string of the molecule is CCOC(=O)c1cnc2ccc(C)cc2c1N1CCC[C@@H](C(N)=O)C1. The second-order valence-electron chi connectivity index (χ2n) is 6.45. The predicted octanol–water partition coefficient (Wildman–Crippen LogP) is 2.42. The molecule has 1 aliphatic rings. The lowest BCUT2D eigenvalue weighted by Crippen LogP contribution is -2.41. The highest BCUT2D eigenvalue weighted by Gasteiger charge is 2.28. The van der Waals surface area contributed by atoms with Gasteiger partial charge in [-0.25, -0.2) is 4.79 Å². The lowest BCUT2D eigenvalue weighted by molar-refractivity contribution is -0.122. The first kappa shape index (κ1) is 17.2. The Bertz CT molecular complexity index is 819. The van der Waals surface area contributed by atoms with Crippen molar-refractivity contribution < 1.29 is 14.3 Å². The van der Waals surface area contributed by atoms with Crippen molar-refractivity contribution in [3.05, 3.63) is 35.5 Å². The van der Waals surface area contributed by atoms with E-state index in [1.807, 2.05) is 25.1 Å². The zero-order valence-electron chi connectivity index (χ0n) is 14.6. The molecule has 1 amide bonds. The Kier molecular flexibility index (Phi) is 4.88. The van der Waals surface area contributed by atoms with Gasteiger partial charge in [0.05, 0.1) is 23.7 Å². The first-order valence-electron chi connectivity index (χ1n) is 8.62. The average molecular weight is 341 g/mol. The summed E-state index contributed by atoms with van der Waals surface area (Å²) in [5.41, 5.74) is 8.64. The van der Waals surface area contributed by atoms with E-state index in [0.29, 0.717) is 18.7 Å². The molecule has 1 aromatic carbocycles. The highest BCUT2D eigenvalue weighted by Crippen LogP contribution is 2.33. The fourth-order valence-corrected chi connectivity index (χ4v) is 3.40. The first-order chi connectivity index (χ1) is 12.0. The minimum absolute atomic E-state index is 0.211. The predicted molar refractivity (Wildman–Crippen MR) is 96.6 cm³/mol. The second kappa shape index (κ2) is 7.09. The number of hydrogen-bond acceptors (Lipinski definition) is 5. The minimum Gasteiger partial charge on any atom is -0.462 e.